The first-order valence-electron chi connectivity index (χ1n) is 14.8. The van der Waals surface area contributed by atoms with Crippen LogP contribution in [-0.4, -0.2) is 65.5 Å². The van der Waals surface area contributed by atoms with E-state index < -0.39 is 16.1 Å². The van der Waals surface area contributed by atoms with Gasteiger partial charge in [-0.15, -0.1) is 0 Å². The smallest absolute Gasteiger partial charge is 0.243 e. The van der Waals surface area contributed by atoms with Crippen molar-refractivity contribution in [1.29, 1.82) is 0 Å². The summed E-state index contributed by atoms with van der Waals surface area (Å²) >= 11 is 0. The molecule has 7 nitrogen and oxygen atoms in total. The van der Waals surface area contributed by atoms with Crippen LogP contribution in [0.25, 0.3) is 21.8 Å². The number of para-hydroxylation sites is 2. The molecule has 0 aliphatic carbocycles. The summed E-state index contributed by atoms with van der Waals surface area (Å²) in [7, 11) is -3.81. The number of carbonyl (C=O) groups excluding carboxylic acids is 1. The Hall–Kier alpha value is -3.20. The van der Waals surface area contributed by atoms with Gasteiger partial charge in [-0.1, -0.05) is 60.5 Å². The fourth-order valence-corrected chi connectivity index (χ4v) is 7.43. The second-order valence-electron chi connectivity index (χ2n) is 11.2. The molecule has 1 amide bonds. The summed E-state index contributed by atoms with van der Waals surface area (Å²) in [6, 6.07) is 23.1. The van der Waals surface area contributed by atoms with Crippen LogP contribution < -0.4 is 0 Å². The van der Waals surface area contributed by atoms with Gasteiger partial charge in [0, 0.05) is 54.4 Å². The Morgan fingerprint density at radius 2 is 1.46 bits per heavy atom. The van der Waals surface area contributed by atoms with Crippen molar-refractivity contribution >= 4 is 37.7 Å². The van der Waals surface area contributed by atoms with Crippen LogP contribution in [0.1, 0.15) is 50.5 Å². The third-order valence-corrected chi connectivity index (χ3v) is 10.0. The highest BCUT2D eigenvalue weighted by molar-refractivity contribution is 7.89. The zero-order valence-electron chi connectivity index (χ0n) is 23.9. The summed E-state index contributed by atoms with van der Waals surface area (Å²) < 4.78 is 31.0. The molecule has 218 valence electrons. The van der Waals surface area contributed by atoms with Crippen molar-refractivity contribution in [3.05, 3.63) is 78.4 Å². The topological polar surface area (TPSA) is 82.8 Å². The number of likely N-dealkylation sites (tertiary alicyclic amines) is 1. The fraction of sp³-hybridized carbons (Fsp3) is 0.424. The number of aryl methyl sites for hydroxylation is 1. The van der Waals surface area contributed by atoms with Crippen LogP contribution in [-0.2, 0) is 21.4 Å². The van der Waals surface area contributed by atoms with Crippen LogP contribution in [0, 0.1) is 6.92 Å². The number of piperidine rings is 1. The molecule has 5 rings (SSSR count). The van der Waals surface area contributed by atoms with Gasteiger partial charge in [0.1, 0.15) is 0 Å². The van der Waals surface area contributed by atoms with Crippen LogP contribution >= 0.6 is 0 Å². The predicted molar refractivity (Wildman–Crippen MR) is 164 cm³/mol. The SMILES string of the molecule is Cc1ccc(S(=O)(=O)N(CCCCCC(=O)N2CCCCC2)CC(O)Cn2c3ccccc3c3ccccc32)cc1. The van der Waals surface area contributed by atoms with Gasteiger partial charge in [-0.2, -0.15) is 4.31 Å². The molecular weight excluding hydrogens is 534 g/mol. The van der Waals surface area contributed by atoms with Gasteiger partial charge in [-0.25, -0.2) is 8.42 Å². The number of aliphatic hydroxyl groups is 1. The third-order valence-electron chi connectivity index (χ3n) is 8.15. The van der Waals surface area contributed by atoms with E-state index in [1.54, 1.807) is 24.3 Å². The van der Waals surface area contributed by atoms with Crippen molar-refractivity contribution in [3.63, 3.8) is 0 Å². The molecule has 1 fully saturated rings. The van der Waals surface area contributed by atoms with Gasteiger partial charge < -0.3 is 14.6 Å². The number of aromatic nitrogens is 1. The lowest BCUT2D eigenvalue weighted by Gasteiger charge is -2.27. The summed E-state index contributed by atoms with van der Waals surface area (Å²) in [5.74, 6) is 0.204. The second kappa shape index (κ2) is 13.2. The van der Waals surface area contributed by atoms with Crippen LogP contribution in [0.15, 0.2) is 77.7 Å². The number of fused-ring (bicyclic) bond motifs is 3. The van der Waals surface area contributed by atoms with Gasteiger partial charge in [0.2, 0.25) is 15.9 Å². The lowest BCUT2D eigenvalue weighted by molar-refractivity contribution is -0.132. The van der Waals surface area contributed by atoms with Gasteiger partial charge in [0.05, 0.1) is 17.5 Å². The van der Waals surface area contributed by atoms with E-state index in [0.717, 1.165) is 66.1 Å². The van der Waals surface area contributed by atoms with Gasteiger partial charge in [0.25, 0.3) is 0 Å². The fourth-order valence-electron chi connectivity index (χ4n) is 5.92. The van der Waals surface area contributed by atoms with Crippen LogP contribution in [0.4, 0.5) is 0 Å². The molecule has 3 aromatic carbocycles. The molecule has 1 aromatic heterocycles. The number of carbonyl (C=O) groups is 1. The maximum Gasteiger partial charge on any atom is 0.243 e. The number of rotatable bonds is 12. The molecule has 0 radical (unpaired) electrons. The highest BCUT2D eigenvalue weighted by Gasteiger charge is 2.27. The molecule has 4 aromatic rings. The maximum absolute atomic E-state index is 13.7. The van der Waals surface area contributed by atoms with E-state index in [1.165, 1.54) is 10.7 Å². The normalized spacial score (nSPS) is 15.1. The Kier molecular flexibility index (Phi) is 9.42. The summed E-state index contributed by atoms with van der Waals surface area (Å²) in [4.78, 5) is 14.7. The summed E-state index contributed by atoms with van der Waals surface area (Å²) in [5.41, 5.74) is 3.01. The van der Waals surface area contributed by atoms with Gasteiger partial charge in [-0.05, 0) is 63.3 Å². The Labute approximate surface area is 243 Å². The number of nitrogens with zero attached hydrogens (tertiary/aromatic N) is 3. The van der Waals surface area contributed by atoms with E-state index >= 15 is 0 Å². The standard InChI is InChI=1S/C33H41N3O4S/c1-26-17-19-28(20-18-26)41(39,40)35(23-11-2-4-16-33(38)34-21-9-3-10-22-34)24-27(37)25-36-31-14-7-5-12-29(31)30-13-6-8-15-32(30)36/h5-8,12-15,17-20,27,37H,2-4,9-11,16,21-25H2,1H3. The monoisotopic (exact) mass is 575 g/mol. The van der Waals surface area contributed by atoms with E-state index in [9.17, 15) is 18.3 Å². The minimum absolute atomic E-state index is 0.0102. The largest absolute Gasteiger partial charge is 0.390 e. The molecule has 0 spiro atoms. The van der Waals surface area contributed by atoms with Crippen molar-refractivity contribution in [3.8, 4) is 0 Å². The van der Waals surface area contributed by atoms with E-state index in [2.05, 4.69) is 16.7 Å². The lowest BCUT2D eigenvalue weighted by Crippen LogP contribution is -2.39. The molecule has 1 aliphatic heterocycles. The van der Waals surface area contributed by atoms with Crippen LogP contribution in [0.2, 0.25) is 0 Å². The number of amides is 1. The second-order valence-corrected chi connectivity index (χ2v) is 13.2. The summed E-state index contributed by atoms with van der Waals surface area (Å²) in [6.45, 7) is 4.19. The zero-order chi connectivity index (χ0) is 28.8. The lowest BCUT2D eigenvalue weighted by atomic mass is 10.1. The molecule has 1 N–H and O–H groups in total. The molecule has 1 atom stereocenters. The quantitative estimate of drug-likeness (QED) is 0.219. The van der Waals surface area contributed by atoms with Gasteiger partial charge in [0.15, 0.2) is 0 Å². The number of unbranched alkanes of at least 4 members (excludes halogenated alkanes) is 2. The minimum Gasteiger partial charge on any atom is -0.390 e. The van der Waals surface area contributed by atoms with Crippen molar-refractivity contribution in [2.75, 3.05) is 26.2 Å². The average molecular weight is 576 g/mol. The molecular formula is C33H41N3O4S. The molecule has 1 unspecified atom stereocenters. The summed E-state index contributed by atoms with van der Waals surface area (Å²) in [6.07, 6.45) is 5.05. The number of hydrogen-bond donors (Lipinski definition) is 1. The first kappa shape index (κ1) is 29.3. The molecule has 1 aliphatic rings. The van der Waals surface area contributed by atoms with Gasteiger partial charge in [-0.3, -0.25) is 4.79 Å². The first-order chi connectivity index (χ1) is 19.8. The zero-order valence-corrected chi connectivity index (χ0v) is 24.7. The van der Waals surface area contributed by atoms with Crippen molar-refractivity contribution < 1.29 is 18.3 Å². The molecule has 1 saturated heterocycles. The first-order valence-corrected chi connectivity index (χ1v) is 16.3. The summed E-state index contributed by atoms with van der Waals surface area (Å²) in [5, 5.41) is 13.5. The number of benzene rings is 3. The van der Waals surface area contributed by atoms with Crippen LogP contribution in [0.5, 0.6) is 0 Å². The van der Waals surface area contributed by atoms with Crippen molar-refractivity contribution in [2.45, 2.75) is 69.4 Å². The van der Waals surface area contributed by atoms with E-state index in [0.29, 0.717) is 19.4 Å². The predicted octanol–water partition coefficient (Wildman–Crippen LogP) is 5.73. The number of sulfonamides is 1. The highest BCUT2D eigenvalue weighted by Crippen LogP contribution is 2.29. The Bertz CT molecular complexity index is 1520. The van der Waals surface area contributed by atoms with Crippen LogP contribution in [0.3, 0.4) is 0 Å². The van der Waals surface area contributed by atoms with E-state index in [-0.39, 0.29) is 23.9 Å². The van der Waals surface area contributed by atoms with Gasteiger partial charge >= 0.3 is 0 Å². The maximum atomic E-state index is 13.7. The van der Waals surface area contributed by atoms with Crippen molar-refractivity contribution in [2.24, 2.45) is 0 Å². The molecule has 0 saturated carbocycles. The van der Waals surface area contributed by atoms with Crippen molar-refractivity contribution in [1.82, 2.24) is 13.8 Å². The van der Waals surface area contributed by atoms with E-state index in [4.69, 9.17) is 0 Å². The van der Waals surface area contributed by atoms with E-state index in [1.807, 2.05) is 48.2 Å². The Balaban J connectivity index is 1.28. The average Bonchev–Trinajstić information content (AvgIpc) is 3.30. The Morgan fingerprint density at radius 3 is 2.10 bits per heavy atom. The third kappa shape index (κ3) is 6.83. The number of hydrogen-bond acceptors (Lipinski definition) is 4. The minimum atomic E-state index is -3.81. The molecule has 8 heteroatoms. The number of aliphatic hydroxyl groups excluding tert-OH is 1. The molecule has 41 heavy (non-hydrogen) atoms. The molecule has 2 heterocycles. The Morgan fingerprint density at radius 1 is 0.854 bits per heavy atom. The highest BCUT2D eigenvalue weighted by atomic mass is 32.2. The molecule has 0 bridgehead atoms.